The van der Waals surface area contributed by atoms with Crippen molar-refractivity contribution in [2.45, 2.75) is 12.5 Å². The number of benzene rings is 3. The number of nitrogens with one attached hydrogen (secondary N) is 1. The lowest BCUT2D eigenvalue weighted by molar-refractivity contribution is -0.116. The third kappa shape index (κ3) is 5.95. The Labute approximate surface area is 189 Å². The number of amides is 1. The zero-order valence-electron chi connectivity index (χ0n) is 17.6. The van der Waals surface area contributed by atoms with Gasteiger partial charge >= 0.3 is 0 Å². The Morgan fingerprint density at radius 2 is 1.45 bits per heavy atom. The number of nitrogens with zero attached hydrogens (tertiary/aromatic N) is 2. The molecule has 0 aliphatic carbocycles. The predicted octanol–water partition coefficient (Wildman–Crippen LogP) is 5.08. The molecule has 4 nitrogen and oxygen atoms in total. The van der Waals surface area contributed by atoms with Gasteiger partial charge in [-0.05, 0) is 29.3 Å². The van der Waals surface area contributed by atoms with Gasteiger partial charge in [-0.15, -0.1) is 0 Å². The van der Waals surface area contributed by atoms with Gasteiger partial charge in [-0.3, -0.25) is 9.69 Å². The molecular formula is C26H28ClN3O. The monoisotopic (exact) mass is 433 g/mol. The number of carbonyl (C=O) groups is 1. The summed E-state index contributed by atoms with van der Waals surface area (Å²) in [6.07, 6.45) is 0.479. The Morgan fingerprint density at radius 3 is 2.03 bits per heavy atom. The van der Waals surface area contributed by atoms with Crippen molar-refractivity contribution >= 4 is 23.2 Å². The first kappa shape index (κ1) is 21.6. The molecule has 160 valence electrons. The smallest absolute Gasteiger partial charge is 0.225 e. The molecule has 0 saturated carbocycles. The molecule has 0 spiro atoms. The molecule has 3 aromatic carbocycles. The molecule has 5 heteroatoms. The second-order valence-corrected chi connectivity index (χ2v) is 8.35. The Kier molecular flexibility index (Phi) is 7.36. The van der Waals surface area contributed by atoms with Crippen molar-refractivity contribution in [2.75, 3.05) is 38.0 Å². The molecule has 0 unspecified atom stereocenters. The minimum atomic E-state index is 0.0242. The van der Waals surface area contributed by atoms with Gasteiger partial charge in [0.2, 0.25) is 5.91 Å². The van der Waals surface area contributed by atoms with Crippen molar-refractivity contribution < 1.29 is 4.79 Å². The fourth-order valence-corrected chi connectivity index (χ4v) is 4.37. The van der Waals surface area contributed by atoms with Crippen molar-refractivity contribution in [2.24, 2.45) is 0 Å². The average molecular weight is 434 g/mol. The van der Waals surface area contributed by atoms with Crippen LogP contribution in [0.2, 0.25) is 5.02 Å². The number of piperazine rings is 1. The topological polar surface area (TPSA) is 35.6 Å². The molecule has 1 aliphatic rings. The first-order valence-electron chi connectivity index (χ1n) is 10.8. The van der Waals surface area contributed by atoms with E-state index in [0.717, 1.165) is 38.4 Å². The minimum Gasteiger partial charge on any atom is -0.326 e. The second-order valence-electron chi connectivity index (χ2n) is 7.91. The fourth-order valence-electron chi connectivity index (χ4n) is 4.18. The highest BCUT2D eigenvalue weighted by molar-refractivity contribution is 6.30. The number of anilines is 1. The maximum atomic E-state index is 12.3. The number of carbonyl (C=O) groups excluding carboxylic acids is 1. The SMILES string of the molecule is O=C(CCN1CCN(C(c2ccccc2)c2ccccc2)CC1)Nc1cccc(Cl)c1. The van der Waals surface area contributed by atoms with Gasteiger partial charge in [-0.2, -0.15) is 0 Å². The lowest BCUT2D eigenvalue weighted by Crippen LogP contribution is -2.48. The molecule has 0 radical (unpaired) electrons. The second kappa shape index (κ2) is 10.6. The number of halogens is 1. The van der Waals surface area contributed by atoms with E-state index in [9.17, 15) is 4.79 Å². The van der Waals surface area contributed by atoms with E-state index in [4.69, 9.17) is 11.6 Å². The third-order valence-corrected chi connectivity index (χ3v) is 6.00. The van der Waals surface area contributed by atoms with Crippen LogP contribution >= 0.6 is 11.6 Å². The average Bonchev–Trinajstić information content (AvgIpc) is 2.80. The Hall–Kier alpha value is -2.66. The molecule has 1 N–H and O–H groups in total. The summed E-state index contributed by atoms with van der Waals surface area (Å²) >= 11 is 5.99. The van der Waals surface area contributed by atoms with E-state index >= 15 is 0 Å². The quantitative estimate of drug-likeness (QED) is 0.564. The van der Waals surface area contributed by atoms with Crippen LogP contribution in [-0.2, 0) is 4.79 Å². The standard InChI is InChI=1S/C26H28ClN3O/c27-23-12-7-13-24(20-23)28-25(31)14-15-29-16-18-30(19-17-29)26(21-8-3-1-4-9-21)22-10-5-2-6-11-22/h1-13,20,26H,14-19H2,(H,28,31). The third-order valence-electron chi connectivity index (χ3n) is 5.77. The lowest BCUT2D eigenvalue weighted by atomic mass is 9.96. The minimum absolute atomic E-state index is 0.0242. The van der Waals surface area contributed by atoms with Gasteiger partial charge in [0.05, 0.1) is 6.04 Å². The highest BCUT2D eigenvalue weighted by atomic mass is 35.5. The Bertz CT molecular complexity index is 933. The molecule has 0 atom stereocenters. The van der Waals surface area contributed by atoms with E-state index in [-0.39, 0.29) is 11.9 Å². The molecule has 1 fully saturated rings. The van der Waals surface area contributed by atoms with Crippen LogP contribution in [0.5, 0.6) is 0 Å². The number of hydrogen-bond acceptors (Lipinski definition) is 3. The molecule has 1 heterocycles. The van der Waals surface area contributed by atoms with Gasteiger partial charge in [0, 0.05) is 49.9 Å². The van der Waals surface area contributed by atoms with Crippen LogP contribution in [0.25, 0.3) is 0 Å². The van der Waals surface area contributed by atoms with E-state index in [1.807, 2.05) is 12.1 Å². The van der Waals surface area contributed by atoms with Crippen LogP contribution in [0.1, 0.15) is 23.6 Å². The Balaban J connectivity index is 1.32. The summed E-state index contributed by atoms with van der Waals surface area (Å²) in [5.41, 5.74) is 3.39. The van der Waals surface area contributed by atoms with E-state index < -0.39 is 0 Å². The molecule has 0 bridgehead atoms. The Morgan fingerprint density at radius 1 is 0.839 bits per heavy atom. The molecule has 4 rings (SSSR count). The van der Waals surface area contributed by atoms with E-state index in [1.165, 1.54) is 11.1 Å². The number of rotatable bonds is 7. The summed E-state index contributed by atoms with van der Waals surface area (Å²) in [5, 5.41) is 3.56. The normalized spacial score (nSPS) is 15.2. The first-order chi connectivity index (χ1) is 15.2. The van der Waals surface area contributed by atoms with Crippen molar-refractivity contribution in [3.05, 3.63) is 101 Å². The summed E-state index contributed by atoms with van der Waals surface area (Å²) in [6.45, 7) is 4.64. The van der Waals surface area contributed by atoms with Crippen LogP contribution in [0, 0.1) is 0 Å². The largest absolute Gasteiger partial charge is 0.326 e. The highest BCUT2D eigenvalue weighted by Crippen LogP contribution is 2.29. The highest BCUT2D eigenvalue weighted by Gasteiger charge is 2.26. The van der Waals surface area contributed by atoms with Crippen LogP contribution in [0.4, 0.5) is 5.69 Å². The van der Waals surface area contributed by atoms with Gasteiger partial charge < -0.3 is 10.2 Å². The summed E-state index contributed by atoms with van der Waals surface area (Å²) in [7, 11) is 0. The molecule has 3 aromatic rings. The van der Waals surface area contributed by atoms with Crippen molar-refractivity contribution in [3.63, 3.8) is 0 Å². The molecular weight excluding hydrogens is 406 g/mol. The first-order valence-corrected chi connectivity index (χ1v) is 11.2. The molecule has 1 amide bonds. The number of hydrogen-bond donors (Lipinski definition) is 1. The van der Waals surface area contributed by atoms with Crippen LogP contribution in [0.15, 0.2) is 84.9 Å². The molecule has 31 heavy (non-hydrogen) atoms. The maximum Gasteiger partial charge on any atom is 0.225 e. The van der Waals surface area contributed by atoms with Crippen molar-refractivity contribution in [1.82, 2.24) is 9.80 Å². The van der Waals surface area contributed by atoms with Gasteiger partial charge in [-0.1, -0.05) is 78.3 Å². The summed E-state index contributed by atoms with van der Waals surface area (Å²) in [6, 6.07) is 29.0. The lowest BCUT2D eigenvalue weighted by Gasteiger charge is -2.39. The van der Waals surface area contributed by atoms with Gasteiger partial charge in [-0.25, -0.2) is 0 Å². The zero-order valence-corrected chi connectivity index (χ0v) is 18.3. The van der Waals surface area contributed by atoms with E-state index in [0.29, 0.717) is 11.4 Å². The molecule has 0 aromatic heterocycles. The van der Waals surface area contributed by atoms with Crippen molar-refractivity contribution in [3.8, 4) is 0 Å². The summed E-state index contributed by atoms with van der Waals surface area (Å²) in [4.78, 5) is 17.2. The van der Waals surface area contributed by atoms with Crippen molar-refractivity contribution in [1.29, 1.82) is 0 Å². The van der Waals surface area contributed by atoms with Crippen LogP contribution in [0.3, 0.4) is 0 Å². The van der Waals surface area contributed by atoms with Crippen LogP contribution in [-0.4, -0.2) is 48.4 Å². The fraction of sp³-hybridized carbons (Fsp3) is 0.269. The molecule has 1 aliphatic heterocycles. The van der Waals surface area contributed by atoms with Gasteiger partial charge in [0.15, 0.2) is 0 Å². The van der Waals surface area contributed by atoms with E-state index in [2.05, 4.69) is 75.8 Å². The van der Waals surface area contributed by atoms with Gasteiger partial charge in [0.1, 0.15) is 0 Å². The maximum absolute atomic E-state index is 12.3. The zero-order chi connectivity index (χ0) is 21.5. The predicted molar refractivity (Wildman–Crippen MR) is 127 cm³/mol. The van der Waals surface area contributed by atoms with Gasteiger partial charge in [0.25, 0.3) is 0 Å². The van der Waals surface area contributed by atoms with Crippen LogP contribution < -0.4 is 5.32 Å². The summed E-state index contributed by atoms with van der Waals surface area (Å²) < 4.78 is 0. The summed E-state index contributed by atoms with van der Waals surface area (Å²) in [5.74, 6) is 0.0242. The van der Waals surface area contributed by atoms with E-state index in [1.54, 1.807) is 12.1 Å². The molecule has 1 saturated heterocycles.